The van der Waals surface area contributed by atoms with Crippen LogP contribution in [-0.2, 0) is 0 Å². The Morgan fingerprint density at radius 1 is 1.50 bits per heavy atom. The molecule has 0 fully saturated rings. The van der Waals surface area contributed by atoms with Gasteiger partial charge in [-0.05, 0) is 31.2 Å². The van der Waals surface area contributed by atoms with Gasteiger partial charge in [-0.3, -0.25) is 4.99 Å². The Balaban J connectivity index is 0.000000791. The third-order valence-electron chi connectivity index (χ3n) is 1.43. The first-order valence-electron chi connectivity index (χ1n) is 4.70. The van der Waals surface area contributed by atoms with Crippen LogP contribution in [0.25, 0.3) is 5.70 Å². The predicted octanol–water partition coefficient (Wildman–Crippen LogP) is 4.39. The molecular weight excluding hydrogens is 190 g/mol. The highest BCUT2D eigenvalue weighted by molar-refractivity contribution is 7.08. The highest BCUT2D eigenvalue weighted by atomic mass is 32.1. The molecule has 0 saturated heterocycles. The Morgan fingerprint density at radius 3 is 2.64 bits per heavy atom. The molecule has 2 heteroatoms. The smallest absolute Gasteiger partial charge is 0.0702 e. The summed E-state index contributed by atoms with van der Waals surface area (Å²) >= 11 is 1.66. The highest BCUT2D eigenvalue weighted by Gasteiger charge is 1.95. The molecule has 1 nitrogen and oxygen atoms in total. The van der Waals surface area contributed by atoms with E-state index in [1.807, 2.05) is 50.4 Å². The zero-order valence-corrected chi connectivity index (χ0v) is 9.84. The fourth-order valence-electron chi connectivity index (χ4n) is 0.838. The minimum Gasteiger partial charge on any atom is -0.264 e. The lowest BCUT2D eigenvalue weighted by Crippen LogP contribution is -1.73. The van der Waals surface area contributed by atoms with Gasteiger partial charge >= 0.3 is 0 Å². The lowest BCUT2D eigenvalue weighted by atomic mass is 10.2. The largest absolute Gasteiger partial charge is 0.264 e. The van der Waals surface area contributed by atoms with Gasteiger partial charge in [0.2, 0.25) is 0 Å². The first-order valence-corrected chi connectivity index (χ1v) is 5.65. The summed E-state index contributed by atoms with van der Waals surface area (Å²) in [6.07, 6.45) is 5.88. The first-order chi connectivity index (χ1) is 6.88. The van der Waals surface area contributed by atoms with Gasteiger partial charge in [-0.25, -0.2) is 0 Å². The number of allylic oxidation sites excluding steroid dienone is 3. The van der Waals surface area contributed by atoms with E-state index in [-0.39, 0.29) is 0 Å². The quantitative estimate of drug-likeness (QED) is 0.515. The Kier molecular flexibility index (Phi) is 7.75. The van der Waals surface area contributed by atoms with E-state index in [1.54, 1.807) is 11.3 Å². The van der Waals surface area contributed by atoms with E-state index in [0.717, 1.165) is 11.3 Å². The molecule has 1 heterocycles. The molecule has 14 heavy (non-hydrogen) atoms. The average molecular weight is 207 g/mol. The van der Waals surface area contributed by atoms with Gasteiger partial charge in [0, 0.05) is 10.9 Å². The summed E-state index contributed by atoms with van der Waals surface area (Å²) in [5, 5.41) is 4.09. The molecule has 0 unspecified atom stereocenters. The van der Waals surface area contributed by atoms with Gasteiger partial charge in [0.15, 0.2) is 0 Å². The van der Waals surface area contributed by atoms with Gasteiger partial charge in [0.05, 0.1) is 5.70 Å². The number of rotatable bonds is 3. The predicted molar refractivity (Wildman–Crippen MR) is 68.0 cm³/mol. The molecule has 0 amide bonds. The van der Waals surface area contributed by atoms with Crippen molar-refractivity contribution in [2.45, 2.75) is 20.8 Å². The maximum absolute atomic E-state index is 3.93. The topological polar surface area (TPSA) is 12.4 Å². The van der Waals surface area contributed by atoms with Gasteiger partial charge in [0.25, 0.3) is 0 Å². The standard InChI is InChI=1S/C10H11NS.C2H6/c1-3-4-5-10(11-2)9-6-7-12-8-9;1-2/h3-8H,2H2,1H3;1-2H3/b4-3-,10-5-;. The second-order valence-electron chi connectivity index (χ2n) is 2.25. The zero-order valence-electron chi connectivity index (χ0n) is 9.03. The zero-order chi connectivity index (χ0) is 10.8. The molecule has 1 aromatic rings. The van der Waals surface area contributed by atoms with Crippen LogP contribution in [0.15, 0.2) is 40.0 Å². The van der Waals surface area contributed by atoms with E-state index in [2.05, 4.69) is 17.1 Å². The molecule has 0 atom stereocenters. The van der Waals surface area contributed by atoms with Crippen LogP contribution in [0.2, 0.25) is 0 Å². The van der Waals surface area contributed by atoms with Gasteiger partial charge in [-0.1, -0.05) is 26.0 Å². The lowest BCUT2D eigenvalue weighted by molar-refractivity contribution is 1.50. The summed E-state index contributed by atoms with van der Waals surface area (Å²) in [5.41, 5.74) is 2.06. The second-order valence-corrected chi connectivity index (χ2v) is 3.03. The van der Waals surface area contributed by atoms with Crippen LogP contribution in [0, 0.1) is 0 Å². The van der Waals surface area contributed by atoms with Crippen molar-refractivity contribution < 1.29 is 0 Å². The third kappa shape index (κ3) is 4.19. The molecule has 0 aromatic carbocycles. The van der Waals surface area contributed by atoms with Gasteiger partial charge in [-0.15, -0.1) is 0 Å². The Hall–Kier alpha value is -1.15. The number of hydrogen-bond acceptors (Lipinski definition) is 2. The van der Waals surface area contributed by atoms with Crippen molar-refractivity contribution in [3.63, 3.8) is 0 Å². The maximum atomic E-state index is 3.93. The Morgan fingerprint density at radius 2 is 2.21 bits per heavy atom. The van der Waals surface area contributed by atoms with Crippen molar-refractivity contribution in [1.82, 2.24) is 0 Å². The van der Waals surface area contributed by atoms with Crippen LogP contribution in [0.5, 0.6) is 0 Å². The molecule has 0 saturated carbocycles. The summed E-state index contributed by atoms with van der Waals surface area (Å²) in [7, 11) is 0. The van der Waals surface area contributed by atoms with Crippen molar-refractivity contribution in [3.05, 3.63) is 40.6 Å². The Labute approximate surface area is 90.5 Å². The molecule has 0 spiro atoms. The number of thiophene rings is 1. The van der Waals surface area contributed by atoms with Gasteiger partial charge in [0.1, 0.15) is 0 Å². The second kappa shape index (κ2) is 8.45. The summed E-state index contributed by atoms with van der Waals surface area (Å²) in [5.74, 6) is 0. The minimum atomic E-state index is 0.925. The summed E-state index contributed by atoms with van der Waals surface area (Å²) in [6.45, 7) is 9.50. The normalized spacial score (nSPS) is 10.9. The molecule has 0 aliphatic rings. The SMILES string of the molecule is C=N/C(=C\C=C/C)c1ccsc1.CC. The number of hydrogen-bond donors (Lipinski definition) is 0. The maximum Gasteiger partial charge on any atom is 0.0702 e. The molecule has 0 aliphatic heterocycles. The van der Waals surface area contributed by atoms with Crippen LogP contribution in [0.4, 0.5) is 0 Å². The van der Waals surface area contributed by atoms with E-state index in [1.165, 1.54) is 0 Å². The summed E-state index contributed by atoms with van der Waals surface area (Å²) in [4.78, 5) is 3.93. The molecular formula is C12H17NS. The van der Waals surface area contributed by atoms with Crippen molar-refractivity contribution in [2.75, 3.05) is 0 Å². The van der Waals surface area contributed by atoms with Crippen LogP contribution < -0.4 is 0 Å². The van der Waals surface area contributed by atoms with Crippen molar-refractivity contribution in [3.8, 4) is 0 Å². The van der Waals surface area contributed by atoms with Crippen LogP contribution in [0.3, 0.4) is 0 Å². The van der Waals surface area contributed by atoms with Crippen LogP contribution in [-0.4, -0.2) is 6.72 Å². The third-order valence-corrected chi connectivity index (χ3v) is 2.12. The van der Waals surface area contributed by atoms with Crippen molar-refractivity contribution in [2.24, 2.45) is 4.99 Å². The summed E-state index contributed by atoms with van der Waals surface area (Å²) < 4.78 is 0. The molecule has 1 rings (SSSR count). The highest BCUT2D eigenvalue weighted by Crippen LogP contribution is 2.18. The molecule has 0 N–H and O–H groups in total. The van der Waals surface area contributed by atoms with Gasteiger partial charge in [-0.2, -0.15) is 11.3 Å². The fourth-order valence-corrected chi connectivity index (χ4v) is 1.49. The molecule has 0 radical (unpaired) electrons. The monoisotopic (exact) mass is 207 g/mol. The number of nitrogens with zero attached hydrogens (tertiary/aromatic N) is 1. The van der Waals surface area contributed by atoms with Crippen LogP contribution >= 0.6 is 11.3 Å². The first kappa shape index (κ1) is 12.8. The lowest BCUT2D eigenvalue weighted by Gasteiger charge is -1.93. The van der Waals surface area contributed by atoms with Crippen LogP contribution in [0.1, 0.15) is 26.3 Å². The van der Waals surface area contributed by atoms with E-state index >= 15 is 0 Å². The van der Waals surface area contributed by atoms with E-state index in [9.17, 15) is 0 Å². The fraction of sp³-hybridized carbons (Fsp3) is 0.250. The van der Waals surface area contributed by atoms with E-state index in [0.29, 0.717) is 0 Å². The van der Waals surface area contributed by atoms with Gasteiger partial charge < -0.3 is 0 Å². The molecule has 76 valence electrons. The van der Waals surface area contributed by atoms with Crippen molar-refractivity contribution >= 4 is 23.8 Å². The van der Waals surface area contributed by atoms with E-state index in [4.69, 9.17) is 0 Å². The molecule has 0 bridgehead atoms. The minimum absolute atomic E-state index is 0.925. The average Bonchev–Trinajstić information content (AvgIpc) is 2.76. The Bertz CT molecular complexity index is 294. The van der Waals surface area contributed by atoms with E-state index < -0.39 is 0 Å². The number of aliphatic imine (C=N–C) groups is 1. The van der Waals surface area contributed by atoms with Crippen molar-refractivity contribution in [1.29, 1.82) is 0 Å². The summed E-state index contributed by atoms with van der Waals surface area (Å²) in [6, 6.07) is 2.04. The molecule has 1 aromatic heterocycles. The molecule has 0 aliphatic carbocycles.